The number of nitrogens with zero attached hydrogens (tertiary/aromatic N) is 3. The number of anilines is 1. The van der Waals surface area contributed by atoms with Crippen LogP contribution < -0.4 is 10.5 Å². The van der Waals surface area contributed by atoms with Gasteiger partial charge >= 0.3 is 6.18 Å². The fraction of sp³-hybridized carbons (Fsp3) is 0.350. The second-order valence-corrected chi connectivity index (χ2v) is 7.19. The molecule has 1 aromatic carbocycles. The van der Waals surface area contributed by atoms with E-state index in [0.29, 0.717) is 5.52 Å². The van der Waals surface area contributed by atoms with Crippen LogP contribution >= 0.6 is 0 Å². The van der Waals surface area contributed by atoms with Crippen molar-refractivity contribution in [3.8, 4) is 11.5 Å². The van der Waals surface area contributed by atoms with Crippen LogP contribution in [0.2, 0.25) is 0 Å². The Kier molecular flexibility index (Phi) is 4.95. The maximum atomic E-state index is 13.8. The Morgan fingerprint density at radius 3 is 2.53 bits per heavy atom. The zero-order valence-electron chi connectivity index (χ0n) is 15.6. The van der Waals surface area contributed by atoms with E-state index in [1.54, 1.807) is 29.2 Å². The maximum Gasteiger partial charge on any atom is 0.433 e. The van der Waals surface area contributed by atoms with Crippen LogP contribution in [0.1, 0.15) is 25.0 Å². The van der Waals surface area contributed by atoms with E-state index in [0.717, 1.165) is 6.07 Å². The molecule has 0 unspecified atom stereocenters. The van der Waals surface area contributed by atoms with Gasteiger partial charge in [0.05, 0.1) is 16.6 Å². The number of nitrogens with one attached hydrogen (secondary N) is 1. The molecule has 3 aromatic rings. The molecule has 1 aliphatic rings. The quantitative estimate of drug-likeness (QED) is 0.610. The van der Waals surface area contributed by atoms with Crippen molar-refractivity contribution in [3.63, 3.8) is 0 Å². The molecule has 158 valence electrons. The van der Waals surface area contributed by atoms with Gasteiger partial charge < -0.3 is 9.88 Å². The van der Waals surface area contributed by atoms with Crippen LogP contribution in [0.5, 0.6) is 0 Å². The lowest BCUT2D eigenvalue weighted by atomic mass is 10.1. The van der Waals surface area contributed by atoms with Crippen LogP contribution in [0.25, 0.3) is 22.4 Å². The van der Waals surface area contributed by atoms with Crippen molar-refractivity contribution in [1.82, 2.24) is 15.0 Å². The van der Waals surface area contributed by atoms with Crippen LogP contribution in [0.15, 0.2) is 41.2 Å². The van der Waals surface area contributed by atoms with Gasteiger partial charge in [0.15, 0.2) is 5.82 Å². The summed E-state index contributed by atoms with van der Waals surface area (Å²) in [5.41, 5.74) is -1.36. The third kappa shape index (κ3) is 3.99. The number of fused-ring (bicyclic) bond motifs is 1. The number of hydrogen-bond acceptors (Lipinski definition) is 4. The molecule has 1 saturated heterocycles. The second kappa shape index (κ2) is 7.33. The van der Waals surface area contributed by atoms with Gasteiger partial charge in [-0.15, -0.1) is 0 Å². The number of H-pyrrole nitrogens is 1. The molecule has 30 heavy (non-hydrogen) atoms. The summed E-state index contributed by atoms with van der Waals surface area (Å²) in [6.45, 7) is 0.179. The van der Waals surface area contributed by atoms with Crippen molar-refractivity contribution in [3.05, 3.63) is 52.4 Å². The molecule has 0 saturated carbocycles. The summed E-state index contributed by atoms with van der Waals surface area (Å²) in [5.74, 6) is -2.97. The first kappa shape index (κ1) is 20.2. The monoisotopic (exact) mass is 424 g/mol. The summed E-state index contributed by atoms with van der Waals surface area (Å²) in [4.78, 5) is 24.5. The highest BCUT2D eigenvalue weighted by atomic mass is 19.4. The summed E-state index contributed by atoms with van der Waals surface area (Å²) in [5, 5.41) is 0.282. The average Bonchev–Trinajstić information content (AvgIpc) is 2.87. The molecule has 0 radical (unpaired) electrons. The normalized spacial score (nSPS) is 17.2. The minimum Gasteiger partial charge on any atom is -0.369 e. The van der Waals surface area contributed by atoms with Crippen LogP contribution in [0, 0.1) is 0 Å². The maximum absolute atomic E-state index is 13.8. The van der Waals surface area contributed by atoms with Crippen LogP contribution in [0.4, 0.5) is 27.6 Å². The first-order valence-electron chi connectivity index (χ1n) is 9.34. The number of benzene rings is 1. The molecule has 1 fully saturated rings. The van der Waals surface area contributed by atoms with Crippen molar-refractivity contribution in [2.24, 2.45) is 0 Å². The van der Waals surface area contributed by atoms with Crippen molar-refractivity contribution >= 4 is 16.6 Å². The highest BCUT2D eigenvalue weighted by Crippen LogP contribution is 2.36. The van der Waals surface area contributed by atoms with Crippen molar-refractivity contribution in [1.29, 1.82) is 0 Å². The number of hydrogen-bond donors (Lipinski definition) is 1. The van der Waals surface area contributed by atoms with Crippen molar-refractivity contribution in [2.75, 3.05) is 18.0 Å². The number of alkyl halides is 5. The predicted octanol–water partition coefficient (Wildman–Crippen LogP) is 4.63. The first-order valence-corrected chi connectivity index (χ1v) is 9.34. The summed E-state index contributed by atoms with van der Waals surface area (Å²) < 4.78 is 67.4. The number of rotatable bonds is 2. The zero-order chi connectivity index (χ0) is 21.5. The highest BCUT2D eigenvalue weighted by Gasteiger charge is 2.35. The molecule has 0 spiro atoms. The lowest BCUT2D eigenvalue weighted by molar-refractivity contribution is -0.141. The van der Waals surface area contributed by atoms with E-state index < -0.39 is 29.8 Å². The van der Waals surface area contributed by atoms with E-state index in [1.165, 1.54) is 6.07 Å². The van der Waals surface area contributed by atoms with Gasteiger partial charge in [-0.25, -0.2) is 18.7 Å². The van der Waals surface area contributed by atoms with Crippen LogP contribution in [-0.2, 0) is 6.18 Å². The fourth-order valence-electron chi connectivity index (χ4n) is 3.54. The van der Waals surface area contributed by atoms with Gasteiger partial charge in [0.1, 0.15) is 11.4 Å². The summed E-state index contributed by atoms with van der Waals surface area (Å²) in [7, 11) is 0. The van der Waals surface area contributed by atoms with E-state index >= 15 is 0 Å². The molecule has 10 heteroatoms. The smallest absolute Gasteiger partial charge is 0.369 e. The Morgan fingerprint density at radius 2 is 1.77 bits per heavy atom. The third-order valence-electron chi connectivity index (χ3n) is 5.06. The van der Waals surface area contributed by atoms with Gasteiger partial charge in [0, 0.05) is 25.9 Å². The third-order valence-corrected chi connectivity index (χ3v) is 5.06. The van der Waals surface area contributed by atoms with Gasteiger partial charge in [-0.2, -0.15) is 13.2 Å². The second-order valence-electron chi connectivity index (χ2n) is 7.19. The molecule has 0 aliphatic carbocycles. The molecule has 4 rings (SSSR count). The number of pyridine rings is 1. The van der Waals surface area contributed by atoms with E-state index in [4.69, 9.17) is 0 Å². The predicted molar refractivity (Wildman–Crippen MR) is 102 cm³/mol. The Bertz CT molecular complexity index is 1140. The number of halogens is 5. The van der Waals surface area contributed by atoms with Crippen molar-refractivity contribution < 1.29 is 22.0 Å². The lowest BCUT2D eigenvalue weighted by Gasteiger charge is -2.25. The molecule has 1 N–H and O–H groups in total. The van der Waals surface area contributed by atoms with Gasteiger partial charge in [0.25, 0.3) is 5.56 Å². The minimum atomic E-state index is -4.71. The molecule has 0 atom stereocenters. The Hall–Kier alpha value is -3.04. The van der Waals surface area contributed by atoms with E-state index in [-0.39, 0.29) is 48.5 Å². The Balaban J connectivity index is 1.87. The fourth-order valence-corrected chi connectivity index (χ4v) is 3.54. The summed E-state index contributed by atoms with van der Waals surface area (Å²) in [6, 6.07) is 8.40. The van der Waals surface area contributed by atoms with Crippen LogP contribution in [0.3, 0.4) is 0 Å². The first-order chi connectivity index (χ1) is 14.1. The van der Waals surface area contributed by atoms with E-state index in [1.807, 2.05) is 0 Å². The Morgan fingerprint density at radius 1 is 1.00 bits per heavy atom. The SMILES string of the molecule is O=c1[nH]c(-c2nc(C(F)(F)F)ccc2N2CCCC(F)(F)CC2)nc2ccccc12. The van der Waals surface area contributed by atoms with Gasteiger partial charge in [-0.1, -0.05) is 12.1 Å². The molecule has 2 aromatic heterocycles. The standard InChI is InChI=1S/C20H17F5N4O/c21-19(22)8-3-10-29(11-9-19)14-6-7-15(20(23,24)25)27-16(14)17-26-13-5-2-1-4-12(13)18(30)28-17/h1-2,4-7H,3,8-11H2,(H,26,28,30). The van der Waals surface area contributed by atoms with Gasteiger partial charge in [-0.05, 0) is 30.7 Å². The molecule has 5 nitrogen and oxygen atoms in total. The lowest BCUT2D eigenvalue weighted by Crippen LogP contribution is -2.27. The number of aromatic nitrogens is 3. The molecular weight excluding hydrogens is 407 g/mol. The number of para-hydroxylation sites is 1. The van der Waals surface area contributed by atoms with Crippen LogP contribution in [-0.4, -0.2) is 34.0 Å². The molecule has 0 amide bonds. The number of aromatic amines is 1. The van der Waals surface area contributed by atoms with Gasteiger partial charge in [0.2, 0.25) is 5.92 Å². The molecule has 3 heterocycles. The molecular formula is C20H17F5N4O. The van der Waals surface area contributed by atoms with E-state index in [2.05, 4.69) is 15.0 Å². The van der Waals surface area contributed by atoms with Crippen molar-refractivity contribution in [2.45, 2.75) is 31.4 Å². The topological polar surface area (TPSA) is 61.9 Å². The largest absolute Gasteiger partial charge is 0.433 e. The van der Waals surface area contributed by atoms with Gasteiger partial charge in [-0.3, -0.25) is 4.79 Å². The minimum absolute atomic E-state index is 0.0507. The summed E-state index contributed by atoms with van der Waals surface area (Å²) >= 11 is 0. The summed E-state index contributed by atoms with van der Waals surface area (Å²) in [6.07, 6.45) is -5.25. The van der Waals surface area contributed by atoms with E-state index in [9.17, 15) is 26.7 Å². The zero-order valence-corrected chi connectivity index (χ0v) is 15.6. The average molecular weight is 424 g/mol. The molecule has 1 aliphatic heterocycles. The molecule has 0 bridgehead atoms. The highest BCUT2D eigenvalue weighted by molar-refractivity contribution is 5.81. The Labute approximate surface area is 167 Å².